The minimum Gasteiger partial charge on any atom is -0.482 e. The van der Waals surface area contributed by atoms with E-state index in [1.165, 1.54) is 0 Å². The van der Waals surface area contributed by atoms with E-state index in [9.17, 15) is 9.59 Å². The molecule has 110 valence electrons. The number of amides is 2. The number of hydrogen-bond acceptors (Lipinski definition) is 4. The lowest BCUT2D eigenvalue weighted by atomic mass is 10.3. The smallest absolute Gasteiger partial charge is 0.341 e. The van der Waals surface area contributed by atoms with Crippen molar-refractivity contribution in [2.75, 3.05) is 32.2 Å². The highest BCUT2D eigenvalue weighted by Crippen LogP contribution is 2.17. The maximum Gasteiger partial charge on any atom is 0.341 e. The number of carbonyl (C=O) groups is 2. The molecule has 3 N–H and O–H groups in total. The van der Waals surface area contributed by atoms with Crippen LogP contribution >= 0.6 is 0 Å². The predicted octanol–water partition coefficient (Wildman–Crippen LogP) is 1.31. The van der Waals surface area contributed by atoms with Gasteiger partial charge in [0.25, 0.3) is 0 Å². The second-order valence-electron chi connectivity index (χ2n) is 3.94. The topological polar surface area (TPSA) is 96.9 Å². The monoisotopic (exact) mass is 282 g/mol. The van der Waals surface area contributed by atoms with Crippen molar-refractivity contribution in [3.63, 3.8) is 0 Å². The van der Waals surface area contributed by atoms with Crippen LogP contribution in [0.2, 0.25) is 0 Å². The number of carboxylic acid groups (broad SMARTS) is 1. The molecule has 0 saturated heterocycles. The third kappa shape index (κ3) is 6.60. The third-order valence-electron chi connectivity index (χ3n) is 2.27. The number of urea groups is 1. The highest BCUT2D eigenvalue weighted by atomic mass is 16.5. The zero-order valence-electron chi connectivity index (χ0n) is 11.2. The Bertz CT molecular complexity index is 450. The second kappa shape index (κ2) is 8.76. The summed E-state index contributed by atoms with van der Waals surface area (Å²) in [5, 5.41) is 13.8. The Labute approximate surface area is 116 Å². The lowest BCUT2D eigenvalue weighted by Crippen LogP contribution is -2.30. The Morgan fingerprint density at radius 1 is 1.35 bits per heavy atom. The molecular formula is C13H18N2O5. The molecule has 0 aliphatic heterocycles. The number of hydrogen-bond donors (Lipinski definition) is 3. The summed E-state index contributed by atoms with van der Waals surface area (Å²) in [6.45, 7) is 0.667. The molecular weight excluding hydrogens is 264 g/mol. The van der Waals surface area contributed by atoms with Gasteiger partial charge in [-0.3, -0.25) is 0 Å². The molecule has 20 heavy (non-hydrogen) atoms. The quantitative estimate of drug-likeness (QED) is 0.625. The molecule has 0 spiro atoms. The first-order valence-corrected chi connectivity index (χ1v) is 6.10. The van der Waals surface area contributed by atoms with E-state index in [1.807, 2.05) is 0 Å². The molecule has 0 fully saturated rings. The van der Waals surface area contributed by atoms with Gasteiger partial charge in [-0.05, 0) is 18.6 Å². The molecule has 0 aliphatic rings. The standard InChI is InChI=1S/C13H18N2O5/c1-19-7-3-6-14-13(18)15-10-4-2-5-11(8-10)20-9-12(16)17/h2,4-5,8H,3,6-7,9H2,1H3,(H,16,17)(H2,14,15,18). The Hall–Kier alpha value is -2.28. The van der Waals surface area contributed by atoms with E-state index in [0.29, 0.717) is 24.6 Å². The third-order valence-corrected chi connectivity index (χ3v) is 2.27. The van der Waals surface area contributed by atoms with Crippen LogP contribution in [-0.4, -0.2) is 44.0 Å². The molecule has 0 saturated carbocycles. The summed E-state index contributed by atoms with van der Waals surface area (Å²) in [6.07, 6.45) is 0.728. The van der Waals surface area contributed by atoms with Gasteiger partial charge in [0, 0.05) is 32.0 Å². The molecule has 7 heteroatoms. The van der Waals surface area contributed by atoms with Crippen LogP contribution in [0, 0.1) is 0 Å². The van der Waals surface area contributed by atoms with Crippen molar-refractivity contribution in [3.05, 3.63) is 24.3 Å². The number of carboxylic acids is 1. The molecule has 0 bridgehead atoms. The van der Waals surface area contributed by atoms with Crippen molar-refractivity contribution in [1.29, 1.82) is 0 Å². The summed E-state index contributed by atoms with van der Waals surface area (Å²) in [6, 6.07) is 6.18. The lowest BCUT2D eigenvalue weighted by Gasteiger charge is -2.09. The fraction of sp³-hybridized carbons (Fsp3) is 0.385. The van der Waals surface area contributed by atoms with Crippen molar-refractivity contribution in [1.82, 2.24) is 5.32 Å². The Balaban J connectivity index is 2.40. The largest absolute Gasteiger partial charge is 0.482 e. The summed E-state index contributed by atoms with van der Waals surface area (Å²) in [7, 11) is 1.60. The van der Waals surface area contributed by atoms with Crippen molar-refractivity contribution >= 4 is 17.7 Å². The van der Waals surface area contributed by atoms with Gasteiger partial charge >= 0.3 is 12.0 Å². The van der Waals surface area contributed by atoms with E-state index >= 15 is 0 Å². The van der Waals surface area contributed by atoms with Crippen LogP contribution in [0.4, 0.5) is 10.5 Å². The van der Waals surface area contributed by atoms with Gasteiger partial charge in [-0.2, -0.15) is 0 Å². The van der Waals surface area contributed by atoms with Gasteiger partial charge in [0.15, 0.2) is 6.61 Å². The van der Waals surface area contributed by atoms with E-state index in [-0.39, 0.29) is 6.03 Å². The number of anilines is 1. The molecule has 1 rings (SSSR count). The average molecular weight is 282 g/mol. The maximum absolute atomic E-state index is 11.6. The number of methoxy groups -OCH3 is 1. The first kappa shape index (κ1) is 15.8. The molecule has 0 aromatic heterocycles. The van der Waals surface area contributed by atoms with Crippen molar-refractivity contribution in [2.24, 2.45) is 0 Å². The van der Waals surface area contributed by atoms with E-state index < -0.39 is 12.6 Å². The van der Waals surface area contributed by atoms with E-state index in [0.717, 1.165) is 6.42 Å². The molecule has 1 aromatic rings. The summed E-state index contributed by atoms with van der Waals surface area (Å²) >= 11 is 0. The molecule has 0 atom stereocenters. The molecule has 7 nitrogen and oxygen atoms in total. The maximum atomic E-state index is 11.6. The zero-order valence-corrected chi connectivity index (χ0v) is 11.2. The van der Waals surface area contributed by atoms with Gasteiger partial charge in [0.1, 0.15) is 5.75 Å². The van der Waals surface area contributed by atoms with Crippen molar-refractivity contribution in [2.45, 2.75) is 6.42 Å². The van der Waals surface area contributed by atoms with E-state index in [4.69, 9.17) is 14.6 Å². The normalized spacial score (nSPS) is 9.85. The number of carbonyl (C=O) groups excluding carboxylic acids is 1. The van der Waals surface area contributed by atoms with Crippen LogP contribution in [0.5, 0.6) is 5.75 Å². The van der Waals surface area contributed by atoms with Crippen LogP contribution in [0.1, 0.15) is 6.42 Å². The first-order chi connectivity index (χ1) is 9.61. The van der Waals surface area contributed by atoms with Crippen LogP contribution in [0.3, 0.4) is 0 Å². The van der Waals surface area contributed by atoms with Crippen LogP contribution in [-0.2, 0) is 9.53 Å². The minimum absolute atomic E-state index is 0.337. The lowest BCUT2D eigenvalue weighted by molar-refractivity contribution is -0.139. The Morgan fingerprint density at radius 3 is 2.85 bits per heavy atom. The predicted molar refractivity (Wildman–Crippen MR) is 73.1 cm³/mol. The van der Waals surface area contributed by atoms with Crippen LogP contribution in [0.15, 0.2) is 24.3 Å². The van der Waals surface area contributed by atoms with Gasteiger partial charge in [-0.15, -0.1) is 0 Å². The SMILES string of the molecule is COCCCNC(=O)Nc1cccc(OCC(=O)O)c1. The van der Waals surface area contributed by atoms with Crippen molar-refractivity contribution < 1.29 is 24.2 Å². The summed E-state index contributed by atoms with van der Waals surface area (Å²) in [5.74, 6) is -0.677. The Morgan fingerprint density at radius 2 is 2.15 bits per heavy atom. The number of ether oxygens (including phenoxy) is 2. The van der Waals surface area contributed by atoms with Gasteiger partial charge in [0.05, 0.1) is 0 Å². The number of aliphatic carboxylic acids is 1. The van der Waals surface area contributed by atoms with Gasteiger partial charge in [-0.25, -0.2) is 9.59 Å². The molecule has 0 aliphatic carbocycles. The summed E-state index contributed by atoms with van der Waals surface area (Å²) in [5.41, 5.74) is 0.525. The van der Waals surface area contributed by atoms with E-state index in [2.05, 4.69) is 10.6 Å². The number of rotatable bonds is 8. The van der Waals surface area contributed by atoms with Crippen molar-refractivity contribution in [3.8, 4) is 5.75 Å². The fourth-order valence-electron chi connectivity index (χ4n) is 1.40. The van der Waals surface area contributed by atoms with Gasteiger partial charge in [0.2, 0.25) is 0 Å². The minimum atomic E-state index is -1.06. The highest BCUT2D eigenvalue weighted by Gasteiger charge is 2.03. The summed E-state index contributed by atoms with van der Waals surface area (Å²) in [4.78, 5) is 21.9. The number of benzene rings is 1. The fourth-order valence-corrected chi connectivity index (χ4v) is 1.40. The first-order valence-electron chi connectivity index (χ1n) is 6.10. The van der Waals surface area contributed by atoms with Crippen LogP contribution in [0.25, 0.3) is 0 Å². The molecule has 0 unspecified atom stereocenters. The molecule has 2 amide bonds. The molecule has 0 heterocycles. The van der Waals surface area contributed by atoms with Gasteiger partial charge < -0.3 is 25.2 Å². The molecule has 0 radical (unpaired) electrons. The van der Waals surface area contributed by atoms with Gasteiger partial charge in [-0.1, -0.05) is 6.07 Å². The average Bonchev–Trinajstić information content (AvgIpc) is 2.42. The molecule has 1 aromatic carbocycles. The van der Waals surface area contributed by atoms with E-state index in [1.54, 1.807) is 31.4 Å². The zero-order chi connectivity index (χ0) is 14.8. The van der Waals surface area contributed by atoms with Crippen LogP contribution < -0.4 is 15.4 Å². The Kier molecular flexibility index (Phi) is 6.91. The summed E-state index contributed by atoms with van der Waals surface area (Å²) < 4.78 is 9.88. The number of nitrogens with one attached hydrogen (secondary N) is 2. The highest BCUT2D eigenvalue weighted by molar-refractivity contribution is 5.89. The second-order valence-corrected chi connectivity index (χ2v) is 3.94.